The topological polar surface area (TPSA) is 140 Å². The fourth-order valence-corrected chi connectivity index (χ4v) is 6.10. The number of likely N-dealkylation sites (tertiary alicyclic amines) is 1. The van der Waals surface area contributed by atoms with Gasteiger partial charge in [0, 0.05) is 48.2 Å². The number of piperidine rings is 1. The maximum absolute atomic E-state index is 14.2. The summed E-state index contributed by atoms with van der Waals surface area (Å²) < 4.78 is 25.3. The normalized spacial score (nSPS) is 15.7. The lowest BCUT2D eigenvalue weighted by Crippen LogP contribution is -2.42. The SMILES string of the molecule is COC(=O)c1ccc(NC(=O)CN2CCC(Oc3cccc(CSc4ccc(C#N)cc4F)n3)CC2)c(NCC2(CC#N)CC2)c1. The molecule has 1 aromatic heterocycles. The zero-order valence-corrected chi connectivity index (χ0v) is 26.4. The molecule has 10 nitrogen and oxygen atoms in total. The second-order valence-electron chi connectivity index (χ2n) is 11.6. The molecule has 1 aliphatic heterocycles. The fraction of sp³-hybridized carbons (Fsp3) is 0.382. The van der Waals surface area contributed by atoms with Gasteiger partial charge in [0.2, 0.25) is 11.8 Å². The van der Waals surface area contributed by atoms with Gasteiger partial charge in [-0.3, -0.25) is 9.69 Å². The smallest absolute Gasteiger partial charge is 0.337 e. The summed E-state index contributed by atoms with van der Waals surface area (Å²) in [6, 6.07) is 19.1. The average molecular weight is 643 g/mol. The van der Waals surface area contributed by atoms with E-state index in [-0.39, 0.29) is 29.5 Å². The van der Waals surface area contributed by atoms with Crippen molar-refractivity contribution in [3.63, 3.8) is 0 Å². The van der Waals surface area contributed by atoms with Crippen LogP contribution in [0.2, 0.25) is 0 Å². The molecule has 1 amide bonds. The van der Waals surface area contributed by atoms with Crippen LogP contribution in [0.5, 0.6) is 5.88 Å². The number of ether oxygens (including phenoxy) is 2. The van der Waals surface area contributed by atoms with Crippen LogP contribution in [0.15, 0.2) is 59.5 Å². The minimum Gasteiger partial charge on any atom is -0.474 e. The van der Waals surface area contributed by atoms with Crippen molar-refractivity contribution in [3.8, 4) is 18.0 Å². The van der Waals surface area contributed by atoms with Gasteiger partial charge in [0.15, 0.2) is 0 Å². The zero-order valence-electron chi connectivity index (χ0n) is 25.6. The number of anilines is 2. The molecule has 2 aromatic carbocycles. The molecule has 1 saturated carbocycles. The van der Waals surface area contributed by atoms with E-state index < -0.39 is 11.8 Å². The Labute approximate surface area is 271 Å². The number of benzene rings is 2. The third-order valence-corrected chi connectivity index (χ3v) is 9.27. The summed E-state index contributed by atoms with van der Waals surface area (Å²) in [5.74, 6) is -0.103. The molecule has 0 bridgehead atoms. The Morgan fingerprint density at radius 3 is 2.61 bits per heavy atom. The predicted molar refractivity (Wildman–Crippen MR) is 172 cm³/mol. The second kappa shape index (κ2) is 15.1. The van der Waals surface area contributed by atoms with E-state index >= 15 is 0 Å². The van der Waals surface area contributed by atoms with Gasteiger partial charge in [-0.15, -0.1) is 11.8 Å². The Morgan fingerprint density at radius 2 is 1.91 bits per heavy atom. The molecule has 1 aliphatic carbocycles. The molecule has 2 aliphatic rings. The molecule has 3 aromatic rings. The number of methoxy groups -OCH3 is 1. The standard InChI is InChI=1S/C34H35FN6O4S/c1-44-33(43)24-6-7-28(29(18-24)38-22-34(11-12-34)13-14-36)40-31(42)20-41-15-9-26(10-16-41)45-32-4-2-3-25(39-32)21-46-30-8-5-23(19-37)17-27(30)35/h2-8,17-18,26,38H,9-13,15-16,20-22H2,1H3,(H,40,42). The van der Waals surface area contributed by atoms with Crippen LogP contribution in [0.25, 0.3) is 0 Å². The summed E-state index contributed by atoms with van der Waals surface area (Å²) in [5, 5.41) is 24.4. The Kier molecular flexibility index (Phi) is 10.7. The highest BCUT2D eigenvalue weighted by atomic mass is 32.2. The van der Waals surface area contributed by atoms with Crippen molar-refractivity contribution in [1.82, 2.24) is 9.88 Å². The van der Waals surface area contributed by atoms with E-state index in [1.807, 2.05) is 18.2 Å². The molecular weight excluding hydrogens is 607 g/mol. The number of carbonyl (C=O) groups is 2. The maximum Gasteiger partial charge on any atom is 0.337 e. The van der Waals surface area contributed by atoms with Crippen molar-refractivity contribution < 1.29 is 23.5 Å². The number of pyridine rings is 1. The Hall–Kier alpha value is -4.65. The van der Waals surface area contributed by atoms with E-state index in [1.165, 1.54) is 24.9 Å². The molecule has 2 N–H and O–H groups in total. The quantitative estimate of drug-likeness (QED) is 0.175. The van der Waals surface area contributed by atoms with Crippen LogP contribution in [0.4, 0.5) is 15.8 Å². The first-order valence-electron chi connectivity index (χ1n) is 15.1. The fourth-order valence-electron chi connectivity index (χ4n) is 5.28. The summed E-state index contributed by atoms with van der Waals surface area (Å²) in [6.45, 7) is 2.14. The maximum atomic E-state index is 14.2. The van der Waals surface area contributed by atoms with E-state index in [4.69, 9.17) is 20.0 Å². The highest BCUT2D eigenvalue weighted by molar-refractivity contribution is 7.98. The third kappa shape index (κ3) is 8.75. The number of hydrogen-bond acceptors (Lipinski definition) is 10. The largest absolute Gasteiger partial charge is 0.474 e. The number of nitrogens with zero attached hydrogens (tertiary/aromatic N) is 4. The van der Waals surface area contributed by atoms with Gasteiger partial charge < -0.3 is 20.1 Å². The summed E-state index contributed by atoms with van der Waals surface area (Å²) in [6.07, 6.45) is 3.80. The minimum atomic E-state index is -0.469. The lowest BCUT2D eigenvalue weighted by atomic mass is 10.0. The molecule has 0 radical (unpaired) electrons. The van der Waals surface area contributed by atoms with E-state index in [9.17, 15) is 14.0 Å². The number of thioether (sulfide) groups is 1. The number of nitriles is 2. The molecule has 238 valence electrons. The highest BCUT2D eigenvalue weighted by Crippen LogP contribution is 2.48. The number of halogens is 1. The molecule has 5 rings (SSSR count). The zero-order chi connectivity index (χ0) is 32.5. The Bertz CT molecular complexity index is 1660. The molecular formula is C34H35FN6O4S. The number of aromatic nitrogens is 1. The number of amides is 1. The van der Waals surface area contributed by atoms with Gasteiger partial charge in [0.25, 0.3) is 0 Å². The lowest BCUT2D eigenvalue weighted by molar-refractivity contribution is -0.117. The monoisotopic (exact) mass is 642 g/mol. The van der Waals surface area contributed by atoms with Crippen molar-refractivity contribution in [1.29, 1.82) is 10.5 Å². The van der Waals surface area contributed by atoms with Gasteiger partial charge in [-0.25, -0.2) is 14.2 Å². The number of nitrogens with one attached hydrogen (secondary N) is 2. The van der Waals surface area contributed by atoms with Crippen molar-refractivity contribution >= 4 is 35.0 Å². The summed E-state index contributed by atoms with van der Waals surface area (Å²) >= 11 is 1.31. The third-order valence-electron chi connectivity index (χ3n) is 8.19. The minimum absolute atomic E-state index is 0.0458. The van der Waals surface area contributed by atoms with Crippen LogP contribution >= 0.6 is 11.8 Å². The van der Waals surface area contributed by atoms with E-state index in [1.54, 1.807) is 36.4 Å². The summed E-state index contributed by atoms with van der Waals surface area (Å²) in [7, 11) is 1.32. The average Bonchev–Trinajstić information content (AvgIpc) is 3.84. The highest BCUT2D eigenvalue weighted by Gasteiger charge is 2.42. The van der Waals surface area contributed by atoms with Gasteiger partial charge in [0.05, 0.1) is 54.0 Å². The predicted octanol–water partition coefficient (Wildman–Crippen LogP) is 5.76. The van der Waals surface area contributed by atoms with Crippen molar-refractivity contribution in [2.24, 2.45) is 5.41 Å². The molecule has 2 heterocycles. The van der Waals surface area contributed by atoms with Gasteiger partial charge in [-0.1, -0.05) is 6.07 Å². The van der Waals surface area contributed by atoms with Gasteiger partial charge >= 0.3 is 5.97 Å². The van der Waals surface area contributed by atoms with Crippen LogP contribution in [0, 0.1) is 33.9 Å². The molecule has 1 saturated heterocycles. The van der Waals surface area contributed by atoms with Gasteiger partial charge in [-0.2, -0.15) is 10.5 Å². The number of esters is 1. The Morgan fingerprint density at radius 1 is 1.11 bits per heavy atom. The molecule has 46 heavy (non-hydrogen) atoms. The first-order valence-corrected chi connectivity index (χ1v) is 16.1. The second-order valence-corrected chi connectivity index (χ2v) is 12.6. The van der Waals surface area contributed by atoms with Crippen LogP contribution < -0.4 is 15.4 Å². The number of carbonyl (C=O) groups excluding carboxylic acids is 2. The lowest BCUT2D eigenvalue weighted by Gasteiger charge is -2.31. The van der Waals surface area contributed by atoms with Crippen molar-refractivity contribution in [2.45, 2.75) is 48.9 Å². The van der Waals surface area contributed by atoms with Crippen molar-refractivity contribution in [3.05, 3.63) is 77.2 Å². The van der Waals surface area contributed by atoms with Crippen LogP contribution in [-0.2, 0) is 15.3 Å². The van der Waals surface area contributed by atoms with Crippen LogP contribution in [0.3, 0.4) is 0 Å². The first kappa shape index (κ1) is 32.7. The van der Waals surface area contributed by atoms with Crippen LogP contribution in [0.1, 0.15) is 53.7 Å². The number of rotatable bonds is 13. The van der Waals surface area contributed by atoms with E-state index in [2.05, 4.69) is 26.6 Å². The van der Waals surface area contributed by atoms with Gasteiger partial charge in [-0.05, 0) is 68.1 Å². The Balaban J connectivity index is 1.10. The number of hydrogen-bond donors (Lipinski definition) is 2. The van der Waals surface area contributed by atoms with E-state index in [0.29, 0.717) is 59.5 Å². The van der Waals surface area contributed by atoms with E-state index in [0.717, 1.165) is 31.4 Å². The molecule has 2 fully saturated rings. The molecule has 12 heteroatoms. The molecule has 0 unspecified atom stereocenters. The van der Waals surface area contributed by atoms with Crippen LogP contribution in [-0.4, -0.2) is 61.2 Å². The molecule has 0 atom stereocenters. The first-order chi connectivity index (χ1) is 22.3. The van der Waals surface area contributed by atoms with Crippen molar-refractivity contribution in [2.75, 3.05) is 43.9 Å². The molecule has 0 spiro atoms. The van der Waals surface area contributed by atoms with Gasteiger partial charge in [0.1, 0.15) is 11.9 Å². The summed E-state index contributed by atoms with van der Waals surface area (Å²) in [4.78, 5) is 32.3. The summed E-state index contributed by atoms with van der Waals surface area (Å²) in [5.41, 5.74) is 2.52.